The minimum Gasteiger partial charge on any atom is -0.481 e. The summed E-state index contributed by atoms with van der Waals surface area (Å²) < 4.78 is 11.3. The van der Waals surface area contributed by atoms with Gasteiger partial charge in [0.05, 0.1) is 11.3 Å². The van der Waals surface area contributed by atoms with Gasteiger partial charge in [0.25, 0.3) is 0 Å². The zero-order chi connectivity index (χ0) is 23.4. The van der Waals surface area contributed by atoms with E-state index < -0.39 is 11.6 Å². The molecule has 3 saturated carbocycles. The first-order valence-electron chi connectivity index (χ1n) is 11.8. The number of nitrogens with zero attached hydrogens (tertiary/aromatic N) is 3. The van der Waals surface area contributed by atoms with Gasteiger partial charge in [-0.25, -0.2) is 4.79 Å². The minimum atomic E-state index is -0.768. The lowest BCUT2D eigenvalue weighted by molar-refractivity contribution is -0.145. The predicted octanol–water partition coefficient (Wildman–Crippen LogP) is 4.47. The molecule has 0 saturated heterocycles. The summed E-state index contributed by atoms with van der Waals surface area (Å²) in [5.41, 5.74) is 0.340. The second-order valence-electron chi connectivity index (χ2n) is 10.9. The van der Waals surface area contributed by atoms with Crippen LogP contribution < -0.4 is 0 Å². The van der Waals surface area contributed by atoms with Crippen LogP contribution in [0.1, 0.15) is 82.0 Å². The first-order valence-corrected chi connectivity index (χ1v) is 11.8. The van der Waals surface area contributed by atoms with Crippen molar-refractivity contribution >= 4 is 12.1 Å². The molecule has 33 heavy (non-hydrogen) atoms. The van der Waals surface area contributed by atoms with Gasteiger partial charge in [0, 0.05) is 24.4 Å². The van der Waals surface area contributed by atoms with Gasteiger partial charge in [-0.1, -0.05) is 35.5 Å². The molecular formula is C25H31N3O5. The van der Waals surface area contributed by atoms with E-state index in [4.69, 9.17) is 14.4 Å². The van der Waals surface area contributed by atoms with E-state index in [2.05, 4.69) is 22.3 Å². The normalized spacial score (nSPS) is 27.4. The highest BCUT2D eigenvalue weighted by Crippen LogP contribution is 2.52. The van der Waals surface area contributed by atoms with Crippen LogP contribution in [0.25, 0.3) is 0 Å². The second kappa shape index (κ2) is 7.85. The van der Waals surface area contributed by atoms with Gasteiger partial charge in [-0.2, -0.15) is 4.98 Å². The summed E-state index contributed by atoms with van der Waals surface area (Å²) >= 11 is 0. The van der Waals surface area contributed by atoms with E-state index in [0.717, 1.165) is 19.3 Å². The van der Waals surface area contributed by atoms with E-state index in [1.165, 1.54) is 5.56 Å². The molecular weight excluding hydrogens is 422 g/mol. The van der Waals surface area contributed by atoms with Crippen LogP contribution in [0, 0.1) is 5.92 Å². The highest BCUT2D eigenvalue weighted by molar-refractivity contribution is 5.71. The van der Waals surface area contributed by atoms with Crippen LogP contribution in [0.15, 0.2) is 34.9 Å². The average Bonchev–Trinajstić information content (AvgIpc) is 3.62. The molecule has 1 aromatic heterocycles. The van der Waals surface area contributed by atoms with Crippen LogP contribution in [-0.4, -0.2) is 50.4 Å². The Morgan fingerprint density at radius 2 is 1.88 bits per heavy atom. The van der Waals surface area contributed by atoms with E-state index in [1.807, 2.05) is 43.9 Å². The standard InChI is InChI=1S/C25H31N3O5/c1-24(2,3)32-23(31)28(19-13-18(19)15-7-5-4-6-8-15)14-25(9-10-25)22-26-20(33-27-22)16-11-17(12-16)21(29)30/h4-8,16-19H,9-14H2,1-3H3,(H,29,30)/t16-,17-,18?,19-/m0/s1. The van der Waals surface area contributed by atoms with Crippen LogP contribution >= 0.6 is 0 Å². The molecule has 0 spiro atoms. The number of ether oxygens (including phenoxy) is 1. The number of benzene rings is 1. The quantitative estimate of drug-likeness (QED) is 0.659. The Morgan fingerprint density at radius 3 is 2.48 bits per heavy atom. The number of aliphatic carboxylic acids is 1. The Balaban J connectivity index is 1.32. The highest BCUT2D eigenvalue weighted by atomic mass is 16.6. The number of amides is 1. The molecule has 2 aromatic rings. The Bertz CT molecular complexity index is 1030. The van der Waals surface area contributed by atoms with Crippen molar-refractivity contribution in [3.63, 3.8) is 0 Å². The number of hydrogen-bond donors (Lipinski definition) is 1. The van der Waals surface area contributed by atoms with Crippen LogP contribution in [0.4, 0.5) is 4.79 Å². The molecule has 8 heteroatoms. The second-order valence-corrected chi connectivity index (χ2v) is 10.9. The maximum atomic E-state index is 13.2. The molecule has 0 aliphatic heterocycles. The number of rotatable bonds is 7. The van der Waals surface area contributed by atoms with E-state index in [9.17, 15) is 9.59 Å². The molecule has 2 atom stereocenters. The molecule has 0 bridgehead atoms. The maximum Gasteiger partial charge on any atom is 0.410 e. The SMILES string of the molecule is CC(C)(C)OC(=O)N(CC1(c2noc([C@H]3C[C@H](C(=O)O)C3)n2)CC1)[C@H]1CC1c1ccccc1. The predicted molar refractivity (Wildman–Crippen MR) is 119 cm³/mol. The number of carboxylic acids is 1. The molecule has 0 radical (unpaired) electrons. The van der Waals surface area contributed by atoms with Gasteiger partial charge in [-0.05, 0) is 58.4 Å². The number of hydrogen-bond acceptors (Lipinski definition) is 6. The molecule has 1 amide bonds. The third-order valence-corrected chi connectivity index (χ3v) is 7.09. The van der Waals surface area contributed by atoms with E-state index >= 15 is 0 Å². The lowest BCUT2D eigenvalue weighted by atomic mass is 9.75. The van der Waals surface area contributed by atoms with Gasteiger partial charge in [-0.15, -0.1) is 0 Å². The molecule has 176 valence electrons. The van der Waals surface area contributed by atoms with E-state index in [-0.39, 0.29) is 29.4 Å². The van der Waals surface area contributed by atoms with Crippen molar-refractivity contribution in [3.05, 3.63) is 47.6 Å². The Labute approximate surface area is 193 Å². The maximum absolute atomic E-state index is 13.2. The van der Waals surface area contributed by atoms with Gasteiger partial charge in [0.2, 0.25) is 5.89 Å². The molecule has 5 rings (SSSR count). The zero-order valence-electron chi connectivity index (χ0n) is 19.4. The fourth-order valence-electron chi connectivity index (χ4n) is 4.79. The van der Waals surface area contributed by atoms with Crippen molar-refractivity contribution in [2.45, 2.75) is 81.8 Å². The largest absolute Gasteiger partial charge is 0.481 e. The fraction of sp³-hybridized carbons (Fsp3) is 0.600. The average molecular weight is 454 g/mol. The molecule has 1 heterocycles. The summed E-state index contributed by atoms with van der Waals surface area (Å²) in [6, 6.07) is 10.4. The molecule has 3 aliphatic rings. The van der Waals surface area contributed by atoms with Crippen LogP contribution in [0.5, 0.6) is 0 Å². The molecule has 3 aliphatic carbocycles. The lowest BCUT2D eigenvalue weighted by Gasteiger charge is -2.30. The zero-order valence-corrected chi connectivity index (χ0v) is 19.4. The Morgan fingerprint density at radius 1 is 1.18 bits per heavy atom. The monoisotopic (exact) mass is 453 g/mol. The van der Waals surface area contributed by atoms with Crippen molar-refractivity contribution in [3.8, 4) is 0 Å². The van der Waals surface area contributed by atoms with Crippen molar-refractivity contribution in [2.75, 3.05) is 6.54 Å². The topological polar surface area (TPSA) is 106 Å². The van der Waals surface area contributed by atoms with Gasteiger partial charge in [-0.3, -0.25) is 4.79 Å². The third-order valence-electron chi connectivity index (χ3n) is 7.09. The molecule has 1 aromatic carbocycles. The third kappa shape index (κ3) is 4.48. The number of carbonyl (C=O) groups is 2. The van der Waals surface area contributed by atoms with Crippen molar-refractivity contribution in [1.29, 1.82) is 0 Å². The van der Waals surface area contributed by atoms with Crippen LogP contribution in [0.3, 0.4) is 0 Å². The molecule has 1 N–H and O–H groups in total. The fourth-order valence-corrected chi connectivity index (χ4v) is 4.79. The summed E-state index contributed by atoms with van der Waals surface area (Å²) in [6.07, 6.45) is 3.45. The summed E-state index contributed by atoms with van der Waals surface area (Å²) in [5, 5.41) is 13.4. The lowest BCUT2D eigenvalue weighted by Crippen LogP contribution is -2.43. The van der Waals surface area contributed by atoms with Crippen LogP contribution in [0.2, 0.25) is 0 Å². The molecule has 8 nitrogen and oxygen atoms in total. The smallest absolute Gasteiger partial charge is 0.410 e. The van der Waals surface area contributed by atoms with Crippen molar-refractivity contribution < 1.29 is 24.0 Å². The summed E-state index contributed by atoms with van der Waals surface area (Å²) in [5.74, 6) is 0.366. The summed E-state index contributed by atoms with van der Waals surface area (Å²) in [4.78, 5) is 30.8. The molecule has 3 fully saturated rings. The number of carboxylic acid groups (broad SMARTS) is 1. The highest BCUT2D eigenvalue weighted by Gasteiger charge is 2.55. The number of aromatic nitrogens is 2. The number of carbonyl (C=O) groups excluding carboxylic acids is 1. The van der Waals surface area contributed by atoms with E-state index in [0.29, 0.717) is 37.0 Å². The van der Waals surface area contributed by atoms with Gasteiger partial charge in [0.1, 0.15) is 5.60 Å². The summed E-state index contributed by atoms with van der Waals surface area (Å²) in [6.45, 7) is 6.14. The van der Waals surface area contributed by atoms with Crippen LogP contribution in [-0.2, 0) is 14.9 Å². The van der Waals surface area contributed by atoms with Crippen molar-refractivity contribution in [2.24, 2.45) is 5.92 Å². The van der Waals surface area contributed by atoms with Gasteiger partial charge >= 0.3 is 12.1 Å². The first-order chi connectivity index (χ1) is 15.7. The summed E-state index contributed by atoms with van der Waals surface area (Å²) in [7, 11) is 0. The Kier molecular flexibility index (Phi) is 5.21. The minimum absolute atomic E-state index is 0.0102. The first kappa shape index (κ1) is 21.9. The molecule has 1 unspecified atom stereocenters. The van der Waals surface area contributed by atoms with Gasteiger partial charge < -0.3 is 19.3 Å². The van der Waals surface area contributed by atoms with Crippen molar-refractivity contribution in [1.82, 2.24) is 15.0 Å². The van der Waals surface area contributed by atoms with Gasteiger partial charge in [0.15, 0.2) is 5.82 Å². The Hall–Kier alpha value is -2.90. The van der Waals surface area contributed by atoms with E-state index in [1.54, 1.807) is 0 Å².